The van der Waals surface area contributed by atoms with Crippen molar-refractivity contribution in [3.8, 4) is 5.69 Å². The van der Waals surface area contributed by atoms with Crippen molar-refractivity contribution in [1.82, 2.24) is 19.4 Å². The highest BCUT2D eigenvalue weighted by atomic mass is 32.4. The molecule has 29 heavy (non-hydrogen) atoms. The van der Waals surface area contributed by atoms with E-state index in [-0.39, 0.29) is 0 Å². The number of benzene rings is 1. The topological polar surface area (TPSA) is 48.7 Å². The maximum Gasteiger partial charge on any atom is 0.213 e. The highest BCUT2D eigenvalue weighted by molar-refractivity contribution is 8.13. The number of aryl methyl sites for hydroxylation is 1. The zero-order valence-corrected chi connectivity index (χ0v) is 18.8. The van der Waals surface area contributed by atoms with Gasteiger partial charge in [-0.25, -0.2) is 14.1 Å². The van der Waals surface area contributed by atoms with Gasteiger partial charge in [-0.1, -0.05) is 24.6 Å². The molecule has 0 spiro atoms. The van der Waals surface area contributed by atoms with E-state index in [1.165, 1.54) is 38.5 Å². The molecule has 5 rings (SSSR count). The Morgan fingerprint density at radius 1 is 0.931 bits per heavy atom. The minimum absolute atomic E-state index is 1.01. The van der Waals surface area contributed by atoms with Crippen molar-refractivity contribution in [2.75, 3.05) is 31.3 Å². The SMILES string of the molecule is Cc1nn(-c2ccccc2)c2c1C(N1CCCCC1)=NP(=S)(N1CCCCC1)N2. The molecule has 8 heteroatoms. The van der Waals surface area contributed by atoms with Crippen molar-refractivity contribution >= 4 is 30.0 Å². The number of rotatable bonds is 2. The molecule has 3 aliphatic heterocycles. The van der Waals surface area contributed by atoms with E-state index in [0.29, 0.717) is 0 Å². The largest absolute Gasteiger partial charge is 0.356 e. The van der Waals surface area contributed by atoms with E-state index < -0.39 is 6.49 Å². The Morgan fingerprint density at radius 2 is 1.59 bits per heavy atom. The molecule has 0 aliphatic carbocycles. The van der Waals surface area contributed by atoms with E-state index >= 15 is 0 Å². The van der Waals surface area contributed by atoms with Crippen LogP contribution in [-0.2, 0) is 11.8 Å². The number of nitrogens with zero attached hydrogens (tertiary/aromatic N) is 5. The van der Waals surface area contributed by atoms with Crippen LogP contribution in [0.15, 0.2) is 35.1 Å². The van der Waals surface area contributed by atoms with Gasteiger partial charge in [0.05, 0.1) is 16.9 Å². The predicted octanol–water partition coefficient (Wildman–Crippen LogP) is 4.55. The molecule has 4 heterocycles. The quantitative estimate of drug-likeness (QED) is 0.711. The lowest BCUT2D eigenvalue weighted by atomic mass is 10.1. The molecule has 2 saturated heterocycles. The summed E-state index contributed by atoms with van der Waals surface area (Å²) in [6, 6.07) is 10.4. The first-order valence-electron chi connectivity index (χ1n) is 10.8. The number of anilines is 1. The molecule has 1 aromatic carbocycles. The second-order valence-corrected chi connectivity index (χ2v) is 11.8. The summed E-state index contributed by atoms with van der Waals surface area (Å²) < 4.78 is 9.78. The highest BCUT2D eigenvalue weighted by Gasteiger charge is 2.38. The fourth-order valence-electron chi connectivity index (χ4n) is 4.60. The molecule has 0 saturated carbocycles. The van der Waals surface area contributed by atoms with E-state index in [4.69, 9.17) is 21.7 Å². The molecule has 3 aliphatic rings. The molecular formula is C21H29N6PS. The number of piperidine rings is 2. The van der Waals surface area contributed by atoms with Crippen LogP contribution in [0, 0.1) is 6.92 Å². The van der Waals surface area contributed by atoms with Crippen molar-refractivity contribution in [2.45, 2.75) is 45.4 Å². The molecular weight excluding hydrogens is 399 g/mol. The lowest BCUT2D eigenvalue weighted by Gasteiger charge is -2.40. The number of aromatic nitrogens is 2. The van der Waals surface area contributed by atoms with Gasteiger partial charge in [0, 0.05) is 26.2 Å². The Kier molecular flexibility index (Phi) is 5.23. The third-order valence-electron chi connectivity index (χ3n) is 6.14. The van der Waals surface area contributed by atoms with Crippen LogP contribution in [0.5, 0.6) is 0 Å². The fraction of sp³-hybridized carbons (Fsp3) is 0.524. The Bertz CT molecular complexity index is 957. The normalized spacial score (nSPS) is 25.3. The molecule has 154 valence electrons. The van der Waals surface area contributed by atoms with E-state index in [9.17, 15) is 0 Å². The second kappa shape index (κ2) is 7.86. The van der Waals surface area contributed by atoms with E-state index in [0.717, 1.165) is 54.8 Å². The molecule has 1 N–H and O–H groups in total. The number of nitrogens with one attached hydrogen (secondary N) is 1. The summed E-state index contributed by atoms with van der Waals surface area (Å²) in [6.07, 6.45) is 7.45. The second-order valence-electron chi connectivity index (χ2n) is 8.20. The summed E-state index contributed by atoms with van der Waals surface area (Å²) in [5.74, 6) is 2.10. The Balaban J connectivity index is 1.64. The average Bonchev–Trinajstić information content (AvgIpc) is 3.11. The van der Waals surface area contributed by atoms with Crippen LogP contribution in [-0.4, -0.2) is 51.4 Å². The Morgan fingerprint density at radius 3 is 2.28 bits per heavy atom. The third kappa shape index (κ3) is 3.54. The molecule has 2 fully saturated rings. The maximum absolute atomic E-state index is 6.29. The highest BCUT2D eigenvalue weighted by Crippen LogP contribution is 2.56. The lowest BCUT2D eigenvalue weighted by molar-refractivity contribution is 0.342. The zero-order chi connectivity index (χ0) is 19.8. The summed E-state index contributed by atoms with van der Waals surface area (Å²) in [5.41, 5.74) is 3.21. The molecule has 1 unspecified atom stereocenters. The summed E-state index contributed by atoms with van der Waals surface area (Å²) >= 11 is 6.29. The van der Waals surface area contributed by atoms with Gasteiger partial charge in [-0.2, -0.15) is 5.10 Å². The average molecular weight is 429 g/mol. The first kappa shape index (κ1) is 19.3. The van der Waals surface area contributed by atoms with Crippen LogP contribution in [0.2, 0.25) is 0 Å². The van der Waals surface area contributed by atoms with Gasteiger partial charge in [0.15, 0.2) is 0 Å². The van der Waals surface area contributed by atoms with E-state index in [2.05, 4.69) is 45.8 Å². The number of hydrogen-bond acceptors (Lipinski definition) is 3. The van der Waals surface area contributed by atoms with Crippen LogP contribution >= 0.6 is 6.49 Å². The molecule has 1 atom stereocenters. The maximum atomic E-state index is 6.29. The van der Waals surface area contributed by atoms with E-state index in [1.807, 2.05) is 10.7 Å². The number of likely N-dealkylation sites (tertiary alicyclic amines) is 1. The molecule has 0 amide bonds. The first-order valence-corrected chi connectivity index (χ1v) is 13.5. The standard InChI is InChI=1S/C21H29N6PS/c1-17-19-20(25-13-7-3-8-14-25)23-28(29,26-15-9-4-10-16-26)24-21(19)27(22-17)18-11-5-2-6-12-18/h2,5-6,11-12H,3-4,7-10,13-16H2,1H3,(H,23,24,29). The Hall–Kier alpha value is -1.69. The molecule has 6 nitrogen and oxygen atoms in total. The Labute approximate surface area is 178 Å². The zero-order valence-electron chi connectivity index (χ0n) is 17.0. The minimum atomic E-state index is -2.28. The molecule has 1 aromatic heterocycles. The lowest BCUT2D eigenvalue weighted by Crippen LogP contribution is -2.39. The third-order valence-corrected chi connectivity index (χ3v) is 9.48. The first-order chi connectivity index (χ1) is 14.2. The van der Waals surface area contributed by atoms with Crippen LogP contribution in [0.1, 0.15) is 49.8 Å². The fourth-order valence-corrected chi connectivity index (χ4v) is 7.69. The summed E-state index contributed by atoms with van der Waals surface area (Å²) in [5, 5.41) is 8.66. The minimum Gasteiger partial charge on any atom is -0.356 e. The van der Waals surface area contributed by atoms with Crippen LogP contribution in [0.3, 0.4) is 0 Å². The van der Waals surface area contributed by atoms with Gasteiger partial charge < -0.3 is 9.99 Å². The van der Waals surface area contributed by atoms with Gasteiger partial charge in [-0.15, -0.1) is 0 Å². The smallest absolute Gasteiger partial charge is 0.213 e. The van der Waals surface area contributed by atoms with Gasteiger partial charge in [0.25, 0.3) is 0 Å². The van der Waals surface area contributed by atoms with Gasteiger partial charge in [-0.05, 0) is 63.0 Å². The van der Waals surface area contributed by atoms with Gasteiger partial charge >= 0.3 is 0 Å². The molecule has 0 bridgehead atoms. The van der Waals surface area contributed by atoms with Crippen molar-refractivity contribution < 1.29 is 0 Å². The van der Waals surface area contributed by atoms with Crippen LogP contribution in [0.25, 0.3) is 5.69 Å². The molecule has 2 aromatic rings. The monoisotopic (exact) mass is 428 g/mol. The van der Waals surface area contributed by atoms with Crippen molar-refractivity contribution in [2.24, 2.45) is 4.76 Å². The number of fused-ring (bicyclic) bond motifs is 1. The number of para-hydroxylation sites is 1. The van der Waals surface area contributed by atoms with Crippen molar-refractivity contribution in [3.05, 3.63) is 41.6 Å². The number of hydrogen-bond donors (Lipinski definition) is 1. The predicted molar refractivity (Wildman–Crippen MR) is 124 cm³/mol. The van der Waals surface area contributed by atoms with E-state index in [1.54, 1.807) is 0 Å². The summed E-state index contributed by atoms with van der Waals surface area (Å²) in [7, 11) is 0. The van der Waals surface area contributed by atoms with Gasteiger partial charge in [0.1, 0.15) is 11.7 Å². The summed E-state index contributed by atoms with van der Waals surface area (Å²) in [4.78, 5) is 2.46. The summed E-state index contributed by atoms with van der Waals surface area (Å²) in [6.45, 7) is 4.01. The van der Waals surface area contributed by atoms with Crippen LogP contribution < -0.4 is 5.09 Å². The van der Waals surface area contributed by atoms with Crippen LogP contribution in [0.4, 0.5) is 5.82 Å². The number of amidine groups is 1. The molecule has 0 radical (unpaired) electrons. The van der Waals surface area contributed by atoms with Gasteiger partial charge in [0.2, 0.25) is 6.49 Å². The van der Waals surface area contributed by atoms with Crippen molar-refractivity contribution in [1.29, 1.82) is 0 Å². The van der Waals surface area contributed by atoms with Crippen molar-refractivity contribution in [3.63, 3.8) is 0 Å². The van der Waals surface area contributed by atoms with Gasteiger partial charge in [-0.3, -0.25) is 0 Å².